The molecular formula is C7H10OSr. The van der Waals surface area contributed by atoms with E-state index in [1.54, 1.807) is 0 Å². The predicted octanol–water partition coefficient (Wildman–Crippen LogP) is 0.263. The molecule has 0 amide bonds. The van der Waals surface area contributed by atoms with Crippen molar-refractivity contribution >= 4 is 45.5 Å². The number of aliphatic hydroxyl groups is 1. The summed E-state index contributed by atoms with van der Waals surface area (Å²) < 4.78 is 0. The van der Waals surface area contributed by atoms with Crippen LogP contribution in [0.25, 0.3) is 0 Å². The van der Waals surface area contributed by atoms with Gasteiger partial charge in [0.15, 0.2) is 0 Å². The monoisotopic (exact) mass is 198 g/mol. The van der Waals surface area contributed by atoms with E-state index in [4.69, 9.17) is 5.11 Å². The number of hydrogen-bond donors (Lipinski definition) is 1. The third-order valence-corrected chi connectivity index (χ3v) is 1.03. The van der Waals surface area contributed by atoms with Crippen LogP contribution in [0.4, 0.5) is 0 Å². The first kappa shape index (κ1) is 9.66. The fourth-order valence-corrected chi connectivity index (χ4v) is 0.583. The minimum atomic E-state index is 0. The molecule has 1 nitrogen and oxygen atoms in total. The van der Waals surface area contributed by atoms with Gasteiger partial charge < -0.3 is 5.11 Å². The van der Waals surface area contributed by atoms with Crippen LogP contribution in [0.1, 0.15) is 5.56 Å². The van der Waals surface area contributed by atoms with Crippen LogP contribution in [-0.4, -0.2) is 50.6 Å². The number of rotatable bonds is 1. The van der Waals surface area contributed by atoms with Gasteiger partial charge in [-0.15, -0.1) is 0 Å². The van der Waals surface area contributed by atoms with Gasteiger partial charge in [0.2, 0.25) is 0 Å². The van der Waals surface area contributed by atoms with E-state index in [0.717, 1.165) is 5.56 Å². The van der Waals surface area contributed by atoms with E-state index in [1.165, 1.54) is 0 Å². The van der Waals surface area contributed by atoms with Crippen molar-refractivity contribution in [1.82, 2.24) is 0 Å². The Hall–Kier alpha value is 0.661. The molecule has 1 rings (SSSR count). The van der Waals surface area contributed by atoms with Crippen LogP contribution in [0.15, 0.2) is 30.3 Å². The molecular weight excluding hydrogens is 188 g/mol. The van der Waals surface area contributed by atoms with Crippen molar-refractivity contribution in [3.05, 3.63) is 35.9 Å². The van der Waals surface area contributed by atoms with Crippen LogP contribution in [0, 0.1) is 0 Å². The summed E-state index contributed by atoms with van der Waals surface area (Å²) in [6.45, 7) is 0.140. The van der Waals surface area contributed by atoms with Crippen molar-refractivity contribution in [2.45, 2.75) is 6.61 Å². The van der Waals surface area contributed by atoms with Gasteiger partial charge in [-0.05, 0) is 5.56 Å². The van der Waals surface area contributed by atoms with Crippen molar-refractivity contribution in [3.8, 4) is 0 Å². The van der Waals surface area contributed by atoms with Crippen LogP contribution < -0.4 is 0 Å². The standard InChI is InChI=1S/C7H8O.Sr.2H/c8-6-7-4-2-1-3-5-7;;;/h1-5,8H,6H2;;;. The second-order valence-electron chi connectivity index (χ2n) is 1.64. The van der Waals surface area contributed by atoms with Gasteiger partial charge in [-0.3, -0.25) is 0 Å². The first-order valence-corrected chi connectivity index (χ1v) is 2.58. The van der Waals surface area contributed by atoms with E-state index in [2.05, 4.69) is 0 Å². The Morgan fingerprint density at radius 2 is 1.67 bits per heavy atom. The predicted molar refractivity (Wildman–Crippen MR) is 40.9 cm³/mol. The molecule has 0 aromatic heterocycles. The van der Waals surface area contributed by atoms with E-state index >= 15 is 0 Å². The Balaban J connectivity index is 0.000000640. The van der Waals surface area contributed by atoms with E-state index in [-0.39, 0.29) is 52.1 Å². The molecule has 1 aromatic rings. The third kappa shape index (κ3) is 3.38. The summed E-state index contributed by atoms with van der Waals surface area (Å²) in [6.07, 6.45) is 0. The maximum absolute atomic E-state index is 8.54. The molecule has 2 heteroatoms. The Kier molecular flexibility index (Phi) is 5.85. The third-order valence-electron chi connectivity index (χ3n) is 1.03. The summed E-state index contributed by atoms with van der Waals surface area (Å²) in [5.41, 5.74) is 0.965. The van der Waals surface area contributed by atoms with Crippen LogP contribution in [0.3, 0.4) is 0 Å². The van der Waals surface area contributed by atoms with Crippen LogP contribution in [0.5, 0.6) is 0 Å². The first-order valence-electron chi connectivity index (χ1n) is 2.58. The van der Waals surface area contributed by atoms with E-state index in [9.17, 15) is 0 Å². The van der Waals surface area contributed by atoms with Crippen LogP contribution in [-0.2, 0) is 6.61 Å². The molecule has 0 saturated heterocycles. The molecule has 0 aliphatic rings. The van der Waals surface area contributed by atoms with Crippen molar-refractivity contribution in [2.75, 3.05) is 0 Å². The minimum absolute atomic E-state index is 0. The molecule has 9 heavy (non-hydrogen) atoms. The van der Waals surface area contributed by atoms with Gasteiger partial charge in [0.05, 0.1) is 6.61 Å². The number of hydrogen-bond acceptors (Lipinski definition) is 1. The fourth-order valence-electron chi connectivity index (χ4n) is 0.583. The molecule has 0 aliphatic heterocycles. The molecule has 1 aromatic carbocycles. The molecule has 0 bridgehead atoms. The van der Waals surface area contributed by atoms with Gasteiger partial charge in [0, 0.05) is 0 Å². The van der Waals surface area contributed by atoms with Gasteiger partial charge in [-0.2, -0.15) is 0 Å². The molecule has 46 valence electrons. The summed E-state index contributed by atoms with van der Waals surface area (Å²) in [5, 5.41) is 8.54. The molecule has 0 atom stereocenters. The Bertz CT molecular complexity index is 150. The molecule has 1 N–H and O–H groups in total. The van der Waals surface area contributed by atoms with Crippen molar-refractivity contribution in [3.63, 3.8) is 0 Å². The second-order valence-corrected chi connectivity index (χ2v) is 1.64. The van der Waals surface area contributed by atoms with Crippen LogP contribution >= 0.6 is 0 Å². The normalized spacial score (nSPS) is 8.11. The first-order chi connectivity index (χ1) is 3.93. The number of benzene rings is 1. The summed E-state index contributed by atoms with van der Waals surface area (Å²) >= 11 is 0. The van der Waals surface area contributed by atoms with Gasteiger partial charge in [0.25, 0.3) is 0 Å². The van der Waals surface area contributed by atoms with Gasteiger partial charge in [0.1, 0.15) is 0 Å². The zero-order valence-corrected chi connectivity index (χ0v) is 4.54. The zero-order valence-electron chi connectivity index (χ0n) is 4.54. The zero-order chi connectivity index (χ0) is 5.82. The second kappa shape index (κ2) is 5.45. The van der Waals surface area contributed by atoms with E-state index < -0.39 is 0 Å². The Morgan fingerprint density at radius 3 is 2.00 bits per heavy atom. The van der Waals surface area contributed by atoms with Gasteiger partial charge in [-0.25, -0.2) is 0 Å². The molecule has 0 spiro atoms. The van der Waals surface area contributed by atoms with E-state index in [0.29, 0.717) is 0 Å². The van der Waals surface area contributed by atoms with Gasteiger partial charge in [-0.1, -0.05) is 30.3 Å². The van der Waals surface area contributed by atoms with E-state index in [1.807, 2.05) is 30.3 Å². The molecule has 0 fully saturated rings. The average molecular weight is 198 g/mol. The molecule has 0 heterocycles. The quantitative estimate of drug-likeness (QED) is 0.641. The molecule has 0 saturated carbocycles. The van der Waals surface area contributed by atoms with Crippen molar-refractivity contribution in [1.29, 1.82) is 0 Å². The molecule has 0 radical (unpaired) electrons. The summed E-state index contributed by atoms with van der Waals surface area (Å²) in [7, 11) is 0. The fraction of sp³-hybridized carbons (Fsp3) is 0.143. The van der Waals surface area contributed by atoms with Crippen molar-refractivity contribution in [2.24, 2.45) is 0 Å². The van der Waals surface area contributed by atoms with Crippen LogP contribution in [0.2, 0.25) is 0 Å². The average Bonchev–Trinajstić information content (AvgIpc) is 1.90. The topological polar surface area (TPSA) is 20.2 Å². The van der Waals surface area contributed by atoms with Crippen molar-refractivity contribution < 1.29 is 5.11 Å². The summed E-state index contributed by atoms with van der Waals surface area (Å²) in [4.78, 5) is 0. The number of aliphatic hydroxyl groups excluding tert-OH is 1. The maximum atomic E-state index is 8.54. The molecule has 0 unspecified atom stereocenters. The Morgan fingerprint density at radius 1 is 1.11 bits per heavy atom. The Labute approximate surface area is 92.0 Å². The summed E-state index contributed by atoms with van der Waals surface area (Å²) in [5.74, 6) is 0. The molecule has 0 aliphatic carbocycles. The summed E-state index contributed by atoms with van der Waals surface area (Å²) in [6, 6.07) is 9.52. The SMILES string of the molecule is OCc1ccccc1.[SrH2]. The van der Waals surface area contributed by atoms with Gasteiger partial charge >= 0.3 is 45.5 Å².